The molecule has 0 aliphatic rings. The van der Waals surface area contributed by atoms with Crippen LogP contribution in [-0.2, 0) is 4.74 Å². The van der Waals surface area contributed by atoms with Crippen LogP contribution in [0.3, 0.4) is 0 Å². The van der Waals surface area contributed by atoms with Crippen molar-refractivity contribution < 1.29 is 14.3 Å². The first-order valence-electron chi connectivity index (χ1n) is 13.2. The Balaban J connectivity index is 1.70. The van der Waals surface area contributed by atoms with Crippen LogP contribution in [0.4, 0.5) is 0 Å². The molecule has 0 N–H and O–H groups in total. The van der Waals surface area contributed by atoms with Crippen molar-refractivity contribution in [3.05, 3.63) is 118 Å². The summed E-state index contributed by atoms with van der Waals surface area (Å²) in [4.78, 5) is 24.9. The average Bonchev–Trinajstić information content (AvgIpc) is 2.88. The van der Waals surface area contributed by atoms with Crippen molar-refractivity contribution >= 4 is 11.8 Å². The van der Waals surface area contributed by atoms with E-state index in [1.165, 1.54) is 22.3 Å². The first-order chi connectivity index (χ1) is 17.8. The first kappa shape index (κ1) is 29.8. The van der Waals surface area contributed by atoms with Crippen molar-refractivity contribution in [1.82, 2.24) is 0 Å². The van der Waals surface area contributed by atoms with Crippen LogP contribution in [0, 0.1) is 0 Å². The molecule has 2 rings (SSSR count). The number of carbonyl (C=O) groups is 2. The lowest BCUT2D eigenvalue weighted by molar-refractivity contribution is 0.0548. The summed E-state index contributed by atoms with van der Waals surface area (Å²) in [5.74, 6) is -0.451. The Morgan fingerprint density at radius 2 is 1.05 bits per heavy atom. The molecule has 0 heterocycles. The van der Waals surface area contributed by atoms with Gasteiger partial charge in [-0.2, -0.15) is 0 Å². The number of ether oxygens (including phenoxy) is 1. The number of hydrogen-bond acceptors (Lipinski definition) is 3. The lowest BCUT2D eigenvalue weighted by Crippen LogP contribution is -2.07. The average molecular weight is 499 g/mol. The monoisotopic (exact) mass is 498 g/mol. The molecule has 3 heteroatoms. The predicted molar refractivity (Wildman–Crippen MR) is 155 cm³/mol. The number of benzene rings is 2. The van der Waals surface area contributed by atoms with Gasteiger partial charge in [0.2, 0.25) is 0 Å². The van der Waals surface area contributed by atoms with E-state index in [1.807, 2.05) is 24.3 Å². The van der Waals surface area contributed by atoms with E-state index in [1.54, 1.807) is 36.4 Å². The van der Waals surface area contributed by atoms with Crippen LogP contribution in [0.1, 0.15) is 99.4 Å². The molecule has 0 atom stereocenters. The molecule has 0 aliphatic heterocycles. The Kier molecular flexibility index (Phi) is 13.1. The first-order valence-corrected chi connectivity index (χ1v) is 13.2. The summed E-state index contributed by atoms with van der Waals surface area (Å²) in [6.45, 7) is 11.0. The molecule has 0 amide bonds. The third kappa shape index (κ3) is 11.9. The largest absolute Gasteiger partial charge is 0.458 e. The molecule has 0 spiro atoms. The molecule has 2 aromatic carbocycles. The van der Waals surface area contributed by atoms with Crippen LogP contribution in [0.2, 0.25) is 0 Å². The number of carbonyl (C=O) groups excluding carboxylic acids is 2. The minimum atomic E-state index is -0.386. The van der Waals surface area contributed by atoms with E-state index >= 15 is 0 Å². The minimum Gasteiger partial charge on any atom is -0.458 e. The van der Waals surface area contributed by atoms with E-state index in [-0.39, 0.29) is 18.4 Å². The van der Waals surface area contributed by atoms with Crippen LogP contribution in [0.5, 0.6) is 0 Å². The molecule has 0 aromatic heterocycles. The van der Waals surface area contributed by atoms with Crippen molar-refractivity contribution in [1.29, 1.82) is 0 Å². The van der Waals surface area contributed by atoms with Gasteiger partial charge in [0.15, 0.2) is 5.78 Å². The fraction of sp³-hybridized carbons (Fsp3) is 0.353. The lowest BCUT2D eigenvalue weighted by Gasteiger charge is -2.05. The quantitative estimate of drug-likeness (QED) is 0.148. The van der Waals surface area contributed by atoms with Gasteiger partial charge >= 0.3 is 5.97 Å². The topological polar surface area (TPSA) is 43.4 Å². The number of allylic oxidation sites excluding steroid dienone is 7. The molecular weight excluding hydrogens is 456 g/mol. The molecule has 37 heavy (non-hydrogen) atoms. The normalized spacial score (nSPS) is 12.3. The van der Waals surface area contributed by atoms with Gasteiger partial charge in [0.1, 0.15) is 6.61 Å². The van der Waals surface area contributed by atoms with Crippen molar-refractivity contribution in [3.63, 3.8) is 0 Å². The van der Waals surface area contributed by atoms with E-state index in [9.17, 15) is 9.59 Å². The molecule has 3 nitrogen and oxygen atoms in total. The highest BCUT2D eigenvalue weighted by Gasteiger charge is 2.11. The van der Waals surface area contributed by atoms with Gasteiger partial charge in [-0.05, 0) is 91.4 Å². The maximum atomic E-state index is 12.5. The summed E-state index contributed by atoms with van der Waals surface area (Å²) in [6, 6.07) is 15.7. The zero-order valence-corrected chi connectivity index (χ0v) is 23.2. The highest BCUT2D eigenvalue weighted by Crippen LogP contribution is 2.14. The fourth-order valence-electron chi connectivity index (χ4n) is 3.84. The van der Waals surface area contributed by atoms with Gasteiger partial charge in [0.25, 0.3) is 0 Å². The number of rotatable bonds is 14. The second-order valence-electron chi connectivity index (χ2n) is 9.92. The van der Waals surface area contributed by atoms with E-state index in [4.69, 9.17) is 4.74 Å². The van der Waals surface area contributed by atoms with Gasteiger partial charge in [0, 0.05) is 11.1 Å². The molecule has 0 bridgehead atoms. The summed E-state index contributed by atoms with van der Waals surface area (Å²) < 4.78 is 5.40. The van der Waals surface area contributed by atoms with Crippen molar-refractivity contribution in [3.8, 4) is 0 Å². The second kappa shape index (κ2) is 16.3. The van der Waals surface area contributed by atoms with E-state index in [0.29, 0.717) is 16.7 Å². The molecule has 0 fully saturated rings. The molecular formula is C34H42O3. The Hall–Kier alpha value is -3.46. The molecule has 0 saturated carbocycles. The maximum Gasteiger partial charge on any atom is 0.338 e. The molecule has 0 radical (unpaired) electrons. The van der Waals surface area contributed by atoms with Gasteiger partial charge in [-0.1, -0.05) is 83.0 Å². The smallest absolute Gasteiger partial charge is 0.338 e. The van der Waals surface area contributed by atoms with Gasteiger partial charge in [-0.25, -0.2) is 4.79 Å². The predicted octanol–water partition coefficient (Wildman–Crippen LogP) is 9.22. The van der Waals surface area contributed by atoms with Crippen LogP contribution in [-0.4, -0.2) is 18.4 Å². The fourth-order valence-corrected chi connectivity index (χ4v) is 3.84. The third-order valence-corrected chi connectivity index (χ3v) is 6.22. The Bertz CT molecular complexity index is 1130. The molecule has 2 aromatic rings. The van der Waals surface area contributed by atoms with Crippen LogP contribution in [0.15, 0.2) is 101 Å². The number of ketones is 1. The third-order valence-electron chi connectivity index (χ3n) is 6.22. The summed E-state index contributed by atoms with van der Waals surface area (Å²) in [5, 5.41) is 0. The standard InChI is InChI=1S/C34H42O3/c1-26(2)12-9-13-27(3)14-10-15-28(4)16-11-17-29(5)24-25-37-34(36)32-22-20-31(21-23-32)33(35)30-18-7-6-8-19-30/h6-8,12,14,16,18-24H,9-11,13,15,17,25H2,1-5H3/b27-14+,28-16+,29-24+. The molecule has 0 saturated heterocycles. The van der Waals surface area contributed by atoms with Gasteiger partial charge in [-0.3, -0.25) is 4.79 Å². The highest BCUT2D eigenvalue weighted by molar-refractivity contribution is 6.09. The molecule has 196 valence electrons. The zero-order chi connectivity index (χ0) is 27.0. The SMILES string of the molecule is CC(C)=CCC/C(C)=C/CC/C(C)=C/CC/C(C)=C/COC(=O)c1ccc(C(=O)c2ccccc2)cc1. The summed E-state index contributed by atoms with van der Waals surface area (Å²) in [6.07, 6.45) is 15.3. The van der Waals surface area contributed by atoms with Gasteiger partial charge < -0.3 is 4.74 Å². The van der Waals surface area contributed by atoms with E-state index in [0.717, 1.165) is 38.5 Å². The van der Waals surface area contributed by atoms with Crippen molar-refractivity contribution in [2.45, 2.75) is 73.1 Å². The Morgan fingerprint density at radius 3 is 1.59 bits per heavy atom. The number of hydrogen-bond donors (Lipinski definition) is 0. The summed E-state index contributed by atoms with van der Waals surface area (Å²) >= 11 is 0. The second-order valence-corrected chi connectivity index (χ2v) is 9.92. The maximum absolute atomic E-state index is 12.5. The number of esters is 1. The van der Waals surface area contributed by atoms with Crippen molar-refractivity contribution in [2.24, 2.45) is 0 Å². The van der Waals surface area contributed by atoms with Crippen LogP contribution in [0.25, 0.3) is 0 Å². The Labute approximate surface area is 223 Å². The lowest BCUT2D eigenvalue weighted by atomic mass is 10.0. The van der Waals surface area contributed by atoms with Crippen LogP contribution < -0.4 is 0 Å². The minimum absolute atomic E-state index is 0.0647. The zero-order valence-electron chi connectivity index (χ0n) is 23.2. The van der Waals surface area contributed by atoms with Crippen LogP contribution >= 0.6 is 0 Å². The van der Waals surface area contributed by atoms with E-state index < -0.39 is 0 Å². The highest BCUT2D eigenvalue weighted by atomic mass is 16.5. The van der Waals surface area contributed by atoms with Gasteiger partial charge in [0.05, 0.1) is 5.56 Å². The molecule has 0 unspecified atom stereocenters. The summed E-state index contributed by atoms with van der Waals surface area (Å²) in [5.41, 5.74) is 7.09. The van der Waals surface area contributed by atoms with E-state index in [2.05, 4.69) is 52.8 Å². The summed E-state index contributed by atoms with van der Waals surface area (Å²) in [7, 11) is 0. The molecule has 0 aliphatic carbocycles. The van der Waals surface area contributed by atoms with Gasteiger partial charge in [-0.15, -0.1) is 0 Å². The van der Waals surface area contributed by atoms with Crippen molar-refractivity contribution in [2.75, 3.05) is 6.61 Å². The Morgan fingerprint density at radius 1 is 0.595 bits per heavy atom.